The van der Waals surface area contributed by atoms with Gasteiger partial charge >= 0.3 is 0 Å². The summed E-state index contributed by atoms with van der Waals surface area (Å²) in [6.45, 7) is 4.25. The molecule has 0 bridgehead atoms. The molecule has 0 aliphatic rings. The van der Waals surface area contributed by atoms with Crippen molar-refractivity contribution in [3.63, 3.8) is 0 Å². The van der Waals surface area contributed by atoms with Gasteiger partial charge in [0.1, 0.15) is 0 Å². The summed E-state index contributed by atoms with van der Waals surface area (Å²) in [5.41, 5.74) is 6.37. The maximum absolute atomic E-state index is 12.1. The molecule has 0 aliphatic heterocycles. The van der Waals surface area contributed by atoms with Crippen molar-refractivity contribution in [2.75, 3.05) is 0 Å². The van der Waals surface area contributed by atoms with Gasteiger partial charge in [0.2, 0.25) is 0 Å². The van der Waals surface area contributed by atoms with E-state index in [0.29, 0.717) is 11.5 Å². The fraction of sp³-hybridized carbons (Fsp3) is 0.158. The minimum absolute atomic E-state index is 0.212. The number of nitrogens with one attached hydrogen (secondary N) is 2. The fourth-order valence-corrected chi connectivity index (χ4v) is 2.45. The second kappa shape index (κ2) is 6.48. The predicted octanol–water partition coefficient (Wildman–Crippen LogP) is 4.06. The third kappa shape index (κ3) is 3.31. The van der Waals surface area contributed by atoms with Gasteiger partial charge in [-0.1, -0.05) is 44.2 Å². The number of para-hydroxylation sites is 1. The summed E-state index contributed by atoms with van der Waals surface area (Å²) in [5, 5.41) is 5.13. The number of aromatic nitrogens is 1. The largest absolute Gasteiger partial charge is 0.361 e. The van der Waals surface area contributed by atoms with Crippen molar-refractivity contribution in [3.05, 3.63) is 71.4 Å². The van der Waals surface area contributed by atoms with E-state index in [1.807, 2.05) is 54.7 Å². The van der Waals surface area contributed by atoms with Crippen molar-refractivity contribution >= 4 is 23.0 Å². The molecule has 1 amide bonds. The van der Waals surface area contributed by atoms with Crippen LogP contribution in [0.1, 0.15) is 41.3 Å². The highest BCUT2D eigenvalue weighted by atomic mass is 16.2. The number of benzene rings is 2. The molecule has 0 aliphatic carbocycles. The molecule has 116 valence electrons. The number of H-pyrrole nitrogens is 1. The Hall–Kier alpha value is -2.88. The molecule has 0 saturated heterocycles. The predicted molar refractivity (Wildman–Crippen MR) is 93.9 cm³/mol. The smallest absolute Gasteiger partial charge is 0.271 e. The van der Waals surface area contributed by atoms with Crippen LogP contribution in [0.15, 0.2) is 59.8 Å². The molecule has 0 saturated carbocycles. The number of nitrogens with zero attached hydrogens (tertiary/aromatic N) is 1. The van der Waals surface area contributed by atoms with E-state index in [0.717, 1.165) is 16.5 Å². The highest BCUT2D eigenvalue weighted by Gasteiger charge is 2.05. The number of rotatable bonds is 4. The number of hydrogen-bond acceptors (Lipinski definition) is 2. The average molecular weight is 305 g/mol. The van der Waals surface area contributed by atoms with Crippen LogP contribution in [0.2, 0.25) is 0 Å². The van der Waals surface area contributed by atoms with Crippen LogP contribution in [0.3, 0.4) is 0 Å². The van der Waals surface area contributed by atoms with Gasteiger partial charge in [0.15, 0.2) is 0 Å². The molecular weight excluding hydrogens is 286 g/mol. The van der Waals surface area contributed by atoms with Gasteiger partial charge in [-0.25, -0.2) is 5.43 Å². The third-order valence-electron chi connectivity index (χ3n) is 3.83. The van der Waals surface area contributed by atoms with Gasteiger partial charge in [-0.15, -0.1) is 0 Å². The van der Waals surface area contributed by atoms with Gasteiger partial charge in [0.05, 0.1) is 6.21 Å². The maximum atomic E-state index is 12.1. The SMILES string of the molecule is CC(C)c1ccc(C(=O)NN=Cc2c[nH]c3ccccc23)cc1. The Bertz CT molecular complexity index is 844. The lowest BCUT2D eigenvalue weighted by Crippen LogP contribution is -2.17. The summed E-state index contributed by atoms with van der Waals surface area (Å²) in [4.78, 5) is 15.3. The van der Waals surface area contributed by atoms with Crippen LogP contribution in [0.4, 0.5) is 0 Å². The highest BCUT2D eigenvalue weighted by molar-refractivity contribution is 6.00. The number of carbonyl (C=O) groups excluding carboxylic acids is 1. The quantitative estimate of drug-likeness (QED) is 0.554. The Labute approximate surface area is 135 Å². The molecule has 3 rings (SSSR count). The molecule has 1 aromatic heterocycles. The zero-order valence-electron chi connectivity index (χ0n) is 13.2. The molecule has 2 N–H and O–H groups in total. The molecule has 0 spiro atoms. The van der Waals surface area contributed by atoms with E-state index in [-0.39, 0.29) is 5.91 Å². The highest BCUT2D eigenvalue weighted by Crippen LogP contribution is 2.16. The number of hydrazone groups is 1. The van der Waals surface area contributed by atoms with Crippen LogP contribution in [0, 0.1) is 0 Å². The first-order valence-corrected chi connectivity index (χ1v) is 7.64. The summed E-state index contributed by atoms with van der Waals surface area (Å²) in [5.74, 6) is 0.239. The van der Waals surface area contributed by atoms with Gasteiger partial charge in [0.25, 0.3) is 5.91 Å². The zero-order chi connectivity index (χ0) is 16.2. The molecule has 0 unspecified atom stereocenters. The van der Waals surface area contributed by atoms with Crippen LogP contribution < -0.4 is 5.43 Å². The standard InChI is InChI=1S/C19H19N3O/c1-13(2)14-7-9-15(10-8-14)19(23)22-21-12-16-11-20-18-6-4-3-5-17(16)18/h3-13,20H,1-2H3,(H,22,23). The minimum Gasteiger partial charge on any atom is -0.361 e. The van der Waals surface area contributed by atoms with Gasteiger partial charge in [-0.2, -0.15) is 5.10 Å². The molecular formula is C19H19N3O. The number of fused-ring (bicyclic) bond motifs is 1. The molecule has 1 heterocycles. The van der Waals surface area contributed by atoms with Crippen molar-refractivity contribution in [2.24, 2.45) is 5.10 Å². The van der Waals surface area contributed by atoms with E-state index >= 15 is 0 Å². The van der Waals surface area contributed by atoms with Crippen molar-refractivity contribution in [2.45, 2.75) is 19.8 Å². The van der Waals surface area contributed by atoms with E-state index in [2.05, 4.69) is 29.4 Å². The van der Waals surface area contributed by atoms with Crippen LogP contribution in [-0.2, 0) is 0 Å². The van der Waals surface area contributed by atoms with Gasteiger partial charge in [-0.05, 0) is 29.7 Å². The van der Waals surface area contributed by atoms with Gasteiger partial charge < -0.3 is 4.98 Å². The first-order valence-electron chi connectivity index (χ1n) is 7.64. The monoisotopic (exact) mass is 305 g/mol. The molecule has 4 nitrogen and oxygen atoms in total. The number of carbonyl (C=O) groups is 1. The Balaban J connectivity index is 1.68. The first kappa shape index (κ1) is 15.0. The minimum atomic E-state index is -0.212. The van der Waals surface area contributed by atoms with Crippen LogP contribution in [0.5, 0.6) is 0 Å². The number of hydrogen-bond donors (Lipinski definition) is 2. The van der Waals surface area contributed by atoms with Gasteiger partial charge in [-0.3, -0.25) is 4.79 Å². The van der Waals surface area contributed by atoms with Crippen molar-refractivity contribution in [3.8, 4) is 0 Å². The average Bonchev–Trinajstić information content (AvgIpc) is 2.98. The van der Waals surface area contributed by atoms with E-state index < -0.39 is 0 Å². The second-order valence-corrected chi connectivity index (χ2v) is 5.77. The van der Waals surface area contributed by atoms with Crippen molar-refractivity contribution in [1.82, 2.24) is 10.4 Å². The summed E-state index contributed by atoms with van der Waals surface area (Å²) in [6, 6.07) is 15.6. The Morgan fingerprint density at radius 3 is 2.61 bits per heavy atom. The molecule has 0 radical (unpaired) electrons. The number of aromatic amines is 1. The molecule has 0 atom stereocenters. The van der Waals surface area contributed by atoms with Crippen LogP contribution in [0.25, 0.3) is 10.9 Å². The summed E-state index contributed by atoms with van der Waals surface area (Å²) in [6.07, 6.45) is 3.52. The van der Waals surface area contributed by atoms with Gasteiger partial charge in [0, 0.05) is 28.2 Å². The summed E-state index contributed by atoms with van der Waals surface area (Å²) < 4.78 is 0. The second-order valence-electron chi connectivity index (χ2n) is 5.77. The fourth-order valence-electron chi connectivity index (χ4n) is 2.45. The van der Waals surface area contributed by atoms with E-state index in [1.165, 1.54) is 5.56 Å². The Kier molecular flexibility index (Phi) is 4.24. The Morgan fingerprint density at radius 1 is 1.13 bits per heavy atom. The van der Waals surface area contributed by atoms with E-state index in [4.69, 9.17) is 0 Å². The topological polar surface area (TPSA) is 57.2 Å². The summed E-state index contributed by atoms with van der Waals surface area (Å²) in [7, 11) is 0. The molecule has 3 aromatic rings. The summed E-state index contributed by atoms with van der Waals surface area (Å²) >= 11 is 0. The molecule has 0 fully saturated rings. The van der Waals surface area contributed by atoms with E-state index in [1.54, 1.807) is 6.21 Å². The normalized spacial score (nSPS) is 11.4. The first-order chi connectivity index (χ1) is 11.1. The van der Waals surface area contributed by atoms with Crippen LogP contribution in [-0.4, -0.2) is 17.1 Å². The molecule has 4 heteroatoms. The lowest BCUT2D eigenvalue weighted by atomic mass is 10.0. The lowest BCUT2D eigenvalue weighted by Gasteiger charge is -2.05. The van der Waals surface area contributed by atoms with E-state index in [9.17, 15) is 4.79 Å². The Morgan fingerprint density at radius 2 is 1.87 bits per heavy atom. The van der Waals surface area contributed by atoms with Crippen molar-refractivity contribution < 1.29 is 4.79 Å². The molecule has 2 aromatic carbocycles. The molecule has 23 heavy (non-hydrogen) atoms. The maximum Gasteiger partial charge on any atom is 0.271 e. The zero-order valence-corrected chi connectivity index (χ0v) is 13.2. The number of amides is 1. The lowest BCUT2D eigenvalue weighted by molar-refractivity contribution is 0.0955. The van der Waals surface area contributed by atoms with Crippen LogP contribution >= 0.6 is 0 Å². The van der Waals surface area contributed by atoms with Crippen molar-refractivity contribution in [1.29, 1.82) is 0 Å². The third-order valence-corrected chi connectivity index (χ3v) is 3.83.